The smallest absolute Gasteiger partial charge is 0.435 e. The van der Waals surface area contributed by atoms with Gasteiger partial charge in [0.05, 0.1) is 26.0 Å². The number of hydrogen-bond acceptors (Lipinski definition) is 4. The van der Waals surface area contributed by atoms with Gasteiger partial charge in [-0.05, 0) is 36.4 Å². The molecule has 7 nitrogen and oxygen atoms in total. The Balaban J connectivity index is 1.84. The van der Waals surface area contributed by atoms with Crippen LogP contribution in [0.2, 0.25) is 5.02 Å². The summed E-state index contributed by atoms with van der Waals surface area (Å²) in [7, 11) is 1.34. The molecular formula is C20H17ClF4N4O3. The third-order valence-electron chi connectivity index (χ3n) is 4.35. The van der Waals surface area contributed by atoms with Crippen LogP contribution in [0.4, 0.5) is 28.0 Å². The maximum Gasteiger partial charge on any atom is 0.435 e. The number of carbonyl (C=O) groups is 1. The Hall–Kier alpha value is -3.31. The summed E-state index contributed by atoms with van der Waals surface area (Å²) in [5, 5.41) is 17.6. The van der Waals surface area contributed by atoms with Crippen LogP contribution >= 0.6 is 11.6 Å². The summed E-state index contributed by atoms with van der Waals surface area (Å²) in [6, 6.07) is 8.03. The van der Waals surface area contributed by atoms with E-state index in [1.165, 1.54) is 37.4 Å². The van der Waals surface area contributed by atoms with Crippen molar-refractivity contribution in [2.45, 2.75) is 19.3 Å². The second kappa shape index (κ2) is 9.45. The van der Waals surface area contributed by atoms with Crippen LogP contribution in [0, 0.1) is 5.82 Å². The number of amides is 2. The Labute approximate surface area is 184 Å². The summed E-state index contributed by atoms with van der Waals surface area (Å²) >= 11 is 5.98. The summed E-state index contributed by atoms with van der Waals surface area (Å²) in [4.78, 5) is 12.2. The second-order valence-electron chi connectivity index (χ2n) is 6.52. The second-order valence-corrected chi connectivity index (χ2v) is 6.96. The Morgan fingerprint density at radius 1 is 1.22 bits per heavy atom. The van der Waals surface area contributed by atoms with Crippen molar-refractivity contribution in [2.75, 3.05) is 12.4 Å². The monoisotopic (exact) mass is 472 g/mol. The number of nitrogens with one attached hydrogen (secondary N) is 2. The number of ether oxygens (including phenoxy) is 1. The Morgan fingerprint density at radius 2 is 1.97 bits per heavy atom. The van der Waals surface area contributed by atoms with E-state index in [2.05, 4.69) is 15.7 Å². The molecule has 0 atom stereocenters. The summed E-state index contributed by atoms with van der Waals surface area (Å²) in [5.41, 5.74) is -0.879. The van der Waals surface area contributed by atoms with Gasteiger partial charge in [0.15, 0.2) is 5.69 Å². The van der Waals surface area contributed by atoms with Crippen molar-refractivity contribution < 1.29 is 32.2 Å². The first-order valence-corrected chi connectivity index (χ1v) is 9.44. The lowest BCUT2D eigenvalue weighted by Crippen LogP contribution is -2.29. The molecule has 0 spiro atoms. The number of anilines is 1. The van der Waals surface area contributed by atoms with Crippen molar-refractivity contribution in [1.82, 2.24) is 15.1 Å². The summed E-state index contributed by atoms with van der Waals surface area (Å²) in [5.74, 6) is -0.498. The van der Waals surface area contributed by atoms with Crippen LogP contribution in [0.5, 0.6) is 5.75 Å². The molecular weight excluding hydrogens is 456 g/mol. The number of carbonyl (C=O) groups excluding carboxylic acids is 1. The minimum absolute atomic E-state index is 0.00477. The highest BCUT2D eigenvalue weighted by Gasteiger charge is 2.35. The van der Waals surface area contributed by atoms with Gasteiger partial charge in [-0.15, -0.1) is 0 Å². The van der Waals surface area contributed by atoms with Gasteiger partial charge in [-0.25, -0.2) is 13.9 Å². The van der Waals surface area contributed by atoms with Gasteiger partial charge < -0.3 is 20.5 Å². The van der Waals surface area contributed by atoms with E-state index in [0.717, 1.165) is 16.8 Å². The number of methoxy groups -OCH3 is 1. The normalized spacial score (nSPS) is 11.3. The number of aromatic nitrogens is 2. The average molecular weight is 473 g/mol. The molecule has 12 heteroatoms. The quantitative estimate of drug-likeness (QED) is 0.461. The molecule has 0 aliphatic rings. The molecule has 1 heterocycles. The lowest BCUT2D eigenvalue weighted by Gasteiger charge is -2.13. The molecule has 2 amide bonds. The number of benzene rings is 2. The fourth-order valence-corrected chi connectivity index (χ4v) is 2.99. The SMILES string of the molecule is COc1ccc(Cl)cc1-n1nc(C(F)(F)F)cc1CNC(=O)Nc1ccc(CO)c(F)c1. The third kappa shape index (κ3) is 5.29. The first-order chi connectivity index (χ1) is 15.1. The molecule has 0 aliphatic heterocycles. The van der Waals surface area contributed by atoms with Gasteiger partial charge >= 0.3 is 12.2 Å². The number of alkyl halides is 3. The Bertz CT molecular complexity index is 1130. The van der Waals surface area contributed by atoms with Crippen LogP contribution in [0.3, 0.4) is 0 Å². The zero-order valence-corrected chi connectivity index (χ0v) is 17.3. The van der Waals surface area contributed by atoms with Crippen LogP contribution in [0.1, 0.15) is 17.0 Å². The lowest BCUT2D eigenvalue weighted by atomic mass is 10.2. The van der Waals surface area contributed by atoms with Gasteiger partial charge in [0.1, 0.15) is 17.3 Å². The van der Waals surface area contributed by atoms with Crippen LogP contribution in [0.15, 0.2) is 42.5 Å². The first-order valence-electron chi connectivity index (χ1n) is 9.06. The molecule has 3 aromatic rings. The number of nitrogens with zero attached hydrogens (tertiary/aromatic N) is 2. The molecule has 3 N–H and O–H groups in total. The average Bonchev–Trinajstić information content (AvgIpc) is 3.17. The molecule has 170 valence electrons. The van der Waals surface area contributed by atoms with Crippen molar-refractivity contribution in [3.05, 3.63) is 70.3 Å². The van der Waals surface area contributed by atoms with Crippen LogP contribution in [-0.2, 0) is 19.3 Å². The zero-order valence-electron chi connectivity index (χ0n) is 16.5. The number of aliphatic hydroxyl groups is 1. The van der Waals surface area contributed by atoms with Crippen LogP contribution < -0.4 is 15.4 Å². The fourth-order valence-electron chi connectivity index (χ4n) is 2.82. The maximum absolute atomic E-state index is 13.7. The van der Waals surface area contributed by atoms with Gasteiger partial charge in [0.25, 0.3) is 0 Å². The van der Waals surface area contributed by atoms with Crippen molar-refractivity contribution in [1.29, 1.82) is 0 Å². The number of aliphatic hydroxyl groups excluding tert-OH is 1. The standard InChI is InChI=1S/C20H17ClF4N4O3/c1-32-17-5-3-12(21)6-16(17)29-14(8-18(28-29)20(23,24)25)9-26-19(31)27-13-4-2-11(10-30)15(22)7-13/h2-8,30H,9-10H2,1H3,(H2,26,27,31). The van der Waals surface area contributed by atoms with Gasteiger partial charge in [-0.2, -0.15) is 18.3 Å². The van der Waals surface area contributed by atoms with Crippen molar-refractivity contribution in [3.8, 4) is 11.4 Å². The molecule has 1 aromatic heterocycles. The molecule has 0 radical (unpaired) electrons. The highest BCUT2D eigenvalue weighted by molar-refractivity contribution is 6.30. The number of urea groups is 1. The van der Waals surface area contributed by atoms with E-state index in [1.807, 2.05) is 0 Å². The highest BCUT2D eigenvalue weighted by atomic mass is 35.5. The summed E-state index contributed by atoms with van der Waals surface area (Å²) in [6.45, 7) is -0.849. The summed E-state index contributed by atoms with van der Waals surface area (Å²) < 4.78 is 59.7. The van der Waals surface area contributed by atoms with E-state index in [-0.39, 0.29) is 39.9 Å². The van der Waals surface area contributed by atoms with E-state index >= 15 is 0 Å². The van der Waals surface area contributed by atoms with E-state index in [1.54, 1.807) is 0 Å². The van der Waals surface area contributed by atoms with E-state index in [4.69, 9.17) is 21.4 Å². The predicted molar refractivity (Wildman–Crippen MR) is 108 cm³/mol. The van der Waals surface area contributed by atoms with Gasteiger partial charge in [-0.3, -0.25) is 0 Å². The minimum Gasteiger partial charge on any atom is -0.494 e. The van der Waals surface area contributed by atoms with Gasteiger partial charge in [-0.1, -0.05) is 17.7 Å². The number of halogens is 5. The molecule has 0 saturated carbocycles. The number of hydrogen-bond donors (Lipinski definition) is 3. The van der Waals surface area contributed by atoms with Crippen LogP contribution in [-0.4, -0.2) is 28.0 Å². The Kier molecular flexibility index (Phi) is 6.90. The predicted octanol–water partition coefficient (Wildman–Crippen LogP) is 4.51. The molecule has 3 rings (SSSR count). The van der Waals surface area contributed by atoms with Gasteiger partial charge in [0, 0.05) is 16.3 Å². The zero-order chi connectivity index (χ0) is 23.5. The van der Waals surface area contributed by atoms with Crippen molar-refractivity contribution in [3.63, 3.8) is 0 Å². The largest absolute Gasteiger partial charge is 0.494 e. The summed E-state index contributed by atoms with van der Waals surface area (Å²) in [6.07, 6.45) is -4.72. The topological polar surface area (TPSA) is 88.4 Å². The lowest BCUT2D eigenvalue weighted by molar-refractivity contribution is -0.141. The molecule has 0 aliphatic carbocycles. The van der Waals surface area contributed by atoms with Gasteiger partial charge in [0.2, 0.25) is 0 Å². The molecule has 0 unspecified atom stereocenters. The fraction of sp³-hybridized carbons (Fsp3) is 0.200. The molecule has 32 heavy (non-hydrogen) atoms. The van der Waals surface area contributed by atoms with Crippen LogP contribution in [0.25, 0.3) is 5.69 Å². The highest BCUT2D eigenvalue weighted by Crippen LogP contribution is 2.32. The van der Waals surface area contributed by atoms with Crippen molar-refractivity contribution >= 4 is 23.3 Å². The van der Waals surface area contributed by atoms with E-state index in [9.17, 15) is 22.4 Å². The molecule has 0 saturated heterocycles. The molecule has 0 bridgehead atoms. The molecule has 2 aromatic carbocycles. The first kappa shape index (κ1) is 23.4. The maximum atomic E-state index is 13.7. The Morgan fingerprint density at radius 3 is 2.59 bits per heavy atom. The molecule has 0 fully saturated rings. The number of rotatable bonds is 6. The third-order valence-corrected chi connectivity index (χ3v) is 4.59. The van der Waals surface area contributed by atoms with Crippen molar-refractivity contribution in [2.24, 2.45) is 0 Å². The van der Waals surface area contributed by atoms with E-state index < -0.39 is 30.3 Å². The minimum atomic E-state index is -4.72. The van der Waals surface area contributed by atoms with E-state index in [0.29, 0.717) is 0 Å².